The minimum absolute atomic E-state index is 0.145. The lowest BCUT2D eigenvalue weighted by molar-refractivity contribution is 0.0752. The summed E-state index contributed by atoms with van der Waals surface area (Å²) < 4.78 is 11.0. The number of hydrogen-bond acceptors (Lipinski definition) is 6. The predicted octanol–water partition coefficient (Wildman–Crippen LogP) is 3.48. The first-order valence-corrected chi connectivity index (χ1v) is 8.69. The molecule has 0 amide bonds. The van der Waals surface area contributed by atoms with E-state index in [4.69, 9.17) is 20.9 Å². The molecule has 0 aliphatic carbocycles. The van der Waals surface area contributed by atoms with E-state index in [1.54, 1.807) is 6.26 Å². The Kier molecular flexibility index (Phi) is 4.61. The van der Waals surface area contributed by atoms with Crippen LogP contribution in [0.15, 0.2) is 72.7 Å². The van der Waals surface area contributed by atoms with Crippen LogP contribution in [0.3, 0.4) is 0 Å². The molecule has 4 N–H and O–H groups in total. The van der Waals surface area contributed by atoms with Crippen LogP contribution in [-0.2, 0) is 15.9 Å². The highest BCUT2D eigenvalue weighted by atomic mass is 16.7. The summed E-state index contributed by atoms with van der Waals surface area (Å²) in [6, 6.07) is 20.0. The van der Waals surface area contributed by atoms with Gasteiger partial charge in [-0.25, -0.2) is 4.98 Å². The van der Waals surface area contributed by atoms with Crippen molar-refractivity contribution in [1.82, 2.24) is 9.97 Å². The van der Waals surface area contributed by atoms with Gasteiger partial charge in [0.25, 0.3) is 0 Å². The van der Waals surface area contributed by atoms with Crippen molar-refractivity contribution >= 4 is 11.8 Å². The zero-order chi connectivity index (χ0) is 18.6. The summed E-state index contributed by atoms with van der Waals surface area (Å²) in [6.07, 6.45) is 2.31. The van der Waals surface area contributed by atoms with E-state index in [1.807, 2.05) is 48.5 Å². The third kappa shape index (κ3) is 3.55. The molecule has 2 heterocycles. The van der Waals surface area contributed by atoms with Gasteiger partial charge in [0.15, 0.2) is 0 Å². The fourth-order valence-electron chi connectivity index (χ4n) is 3.29. The minimum Gasteiger partial charge on any atom is -0.462 e. The molecule has 1 unspecified atom stereocenters. The first kappa shape index (κ1) is 16.9. The maximum Gasteiger partial charge on any atom is 0.229 e. The second kappa shape index (κ2) is 7.37. The van der Waals surface area contributed by atoms with Gasteiger partial charge in [0.2, 0.25) is 12.7 Å². The van der Waals surface area contributed by atoms with E-state index in [-0.39, 0.29) is 18.7 Å². The van der Waals surface area contributed by atoms with Gasteiger partial charge in [-0.05, 0) is 12.0 Å². The molecular weight excluding hydrogens is 340 g/mol. The molecule has 4 rings (SSSR count). The molecular formula is C21H20N4O2. The van der Waals surface area contributed by atoms with E-state index in [9.17, 15) is 0 Å². The molecule has 3 aromatic rings. The maximum absolute atomic E-state index is 6.33. The molecule has 0 saturated carbocycles. The third-order valence-corrected chi connectivity index (χ3v) is 4.51. The van der Waals surface area contributed by atoms with Crippen LogP contribution in [0.1, 0.15) is 17.0 Å². The molecule has 0 radical (unpaired) electrons. The fourth-order valence-corrected chi connectivity index (χ4v) is 3.29. The number of ether oxygens (including phenoxy) is 2. The zero-order valence-electron chi connectivity index (χ0n) is 14.7. The Labute approximate surface area is 157 Å². The van der Waals surface area contributed by atoms with Crippen molar-refractivity contribution in [2.75, 3.05) is 18.3 Å². The van der Waals surface area contributed by atoms with Gasteiger partial charge >= 0.3 is 0 Å². The summed E-state index contributed by atoms with van der Waals surface area (Å²) in [7, 11) is 0. The number of rotatable bonds is 5. The Hall–Kier alpha value is -3.54. The highest BCUT2D eigenvalue weighted by Crippen LogP contribution is 2.39. The number of nitrogen functional groups attached to an aromatic ring is 2. The molecule has 1 aliphatic heterocycles. The predicted molar refractivity (Wildman–Crippen MR) is 104 cm³/mol. The molecule has 0 spiro atoms. The van der Waals surface area contributed by atoms with Crippen LogP contribution in [0.5, 0.6) is 0 Å². The number of allylic oxidation sites excluding steroid dienone is 1. The van der Waals surface area contributed by atoms with E-state index in [0.717, 1.165) is 16.7 Å². The van der Waals surface area contributed by atoms with Gasteiger partial charge in [0.05, 0.1) is 11.6 Å². The van der Waals surface area contributed by atoms with Crippen LogP contribution in [0, 0.1) is 0 Å². The van der Waals surface area contributed by atoms with E-state index >= 15 is 0 Å². The van der Waals surface area contributed by atoms with E-state index < -0.39 is 0 Å². The molecule has 0 bridgehead atoms. The van der Waals surface area contributed by atoms with Crippen LogP contribution >= 0.6 is 0 Å². The molecule has 1 aliphatic rings. The Morgan fingerprint density at radius 2 is 1.63 bits per heavy atom. The quantitative estimate of drug-likeness (QED) is 0.723. The van der Waals surface area contributed by atoms with Crippen molar-refractivity contribution in [3.63, 3.8) is 0 Å². The molecule has 136 valence electrons. The highest BCUT2D eigenvalue weighted by Gasteiger charge is 2.29. The van der Waals surface area contributed by atoms with Gasteiger partial charge in [0, 0.05) is 11.1 Å². The van der Waals surface area contributed by atoms with Crippen LogP contribution in [-0.4, -0.2) is 16.8 Å². The number of nitrogens with two attached hydrogens (primary N) is 2. The largest absolute Gasteiger partial charge is 0.462 e. The number of hydrogen-bond donors (Lipinski definition) is 2. The van der Waals surface area contributed by atoms with Crippen molar-refractivity contribution in [1.29, 1.82) is 0 Å². The van der Waals surface area contributed by atoms with Crippen LogP contribution in [0.2, 0.25) is 0 Å². The summed E-state index contributed by atoms with van der Waals surface area (Å²) in [4.78, 5) is 8.72. The normalized spacial score (nSPS) is 14.1. The minimum atomic E-state index is -0.189. The number of benzene rings is 2. The van der Waals surface area contributed by atoms with Gasteiger partial charge < -0.3 is 20.9 Å². The number of anilines is 2. The Morgan fingerprint density at radius 3 is 2.30 bits per heavy atom. The highest BCUT2D eigenvalue weighted by molar-refractivity contribution is 5.71. The van der Waals surface area contributed by atoms with Crippen molar-refractivity contribution in [2.45, 2.75) is 12.3 Å². The van der Waals surface area contributed by atoms with Crippen LogP contribution < -0.4 is 11.5 Å². The van der Waals surface area contributed by atoms with Crippen LogP contribution in [0.25, 0.3) is 11.3 Å². The SMILES string of the molecule is Nc1nc(N)c(C(Cc2ccccc2)C2=COCO2)c(-c2ccccc2)n1. The Morgan fingerprint density at radius 1 is 0.926 bits per heavy atom. The van der Waals surface area contributed by atoms with Crippen molar-refractivity contribution in [3.05, 3.63) is 83.8 Å². The summed E-state index contributed by atoms with van der Waals surface area (Å²) in [5, 5.41) is 0. The lowest BCUT2D eigenvalue weighted by atomic mass is 9.87. The van der Waals surface area contributed by atoms with Gasteiger partial charge in [0.1, 0.15) is 17.8 Å². The molecule has 27 heavy (non-hydrogen) atoms. The lowest BCUT2D eigenvalue weighted by Gasteiger charge is -2.22. The lowest BCUT2D eigenvalue weighted by Crippen LogP contribution is -2.15. The molecule has 0 saturated heterocycles. The first-order chi connectivity index (χ1) is 13.2. The number of nitrogens with zero attached hydrogens (tertiary/aromatic N) is 2. The molecule has 6 nitrogen and oxygen atoms in total. The fraction of sp³-hybridized carbons (Fsp3) is 0.143. The van der Waals surface area contributed by atoms with Gasteiger partial charge in [-0.1, -0.05) is 60.7 Å². The van der Waals surface area contributed by atoms with Crippen molar-refractivity contribution in [2.24, 2.45) is 0 Å². The Bertz CT molecular complexity index is 959. The van der Waals surface area contributed by atoms with E-state index in [0.29, 0.717) is 23.7 Å². The standard InChI is InChI=1S/C21H20N4O2/c22-20-18(19(24-21(23)25-20)15-9-5-2-6-10-15)16(17-12-26-13-27-17)11-14-7-3-1-4-8-14/h1-10,12,16H,11,13H2,(H4,22,23,24,25). The van der Waals surface area contributed by atoms with E-state index in [1.165, 1.54) is 0 Å². The zero-order valence-corrected chi connectivity index (χ0v) is 14.7. The van der Waals surface area contributed by atoms with E-state index in [2.05, 4.69) is 22.1 Å². The average Bonchev–Trinajstić information content (AvgIpc) is 3.22. The molecule has 0 fully saturated rings. The van der Waals surface area contributed by atoms with Gasteiger partial charge in [-0.3, -0.25) is 0 Å². The smallest absolute Gasteiger partial charge is 0.229 e. The monoisotopic (exact) mass is 360 g/mol. The number of aromatic nitrogens is 2. The topological polar surface area (TPSA) is 96.3 Å². The van der Waals surface area contributed by atoms with Gasteiger partial charge in [-0.2, -0.15) is 4.98 Å². The Balaban J connectivity index is 1.86. The summed E-state index contributed by atoms with van der Waals surface area (Å²) in [5.74, 6) is 1.01. The van der Waals surface area contributed by atoms with Crippen molar-refractivity contribution in [3.8, 4) is 11.3 Å². The van der Waals surface area contributed by atoms with Crippen LogP contribution in [0.4, 0.5) is 11.8 Å². The second-order valence-corrected chi connectivity index (χ2v) is 6.29. The third-order valence-electron chi connectivity index (χ3n) is 4.51. The first-order valence-electron chi connectivity index (χ1n) is 8.69. The summed E-state index contributed by atoms with van der Waals surface area (Å²) >= 11 is 0. The molecule has 2 aromatic carbocycles. The molecule has 1 atom stereocenters. The molecule has 1 aromatic heterocycles. The van der Waals surface area contributed by atoms with Gasteiger partial charge in [-0.15, -0.1) is 0 Å². The van der Waals surface area contributed by atoms with Crippen molar-refractivity contribution < 1.29 is 9.47 Å². The maximum atomic E-state index is 6.33. The summed E-state index contributed by atoms with van der Waals surface area (Å²) in [5.41, 5.74) is 15.8. The molecule has 6 heteroatoms. The summed E-state index contributed by atoms with van der Waals surface area (Å²) in [6.45, 7) is 0.191. The average molecular weight is 360 g/mol. The second-order valence-electron chi connectivity index (χ2n) is 6.29.